The standard InChI is InChI=1S/C21H21ClN4O4/c1-14-11-18(7-8-19(14)22)30-13-16-3-5-17(6-4-16)21(27)23-9-10-25-15(2)12-20(24-25)26(28)29/h3-8,11-12H,9-10,13H2,1-2H3,(H,23,27). The summed E-state index contributed by atoms with van der Waals surface area (Å²) >= 11 is 6.01. The number of hydrogen-bond donors (Lipinski definition) is 1. The summed E-state index contributed by atoms with van der Waals surface area (Å²) in [5, 5.41) is 18.1. The topological polar surface area (TPSA) is 99.3 Å². The van der Waals surface area contributed by atoms with Crippen LogP contribution in [0.4, 0.5) is 5.82 Å². The van der Waals surface area contributed by atoms with E-state index in [0.717, 1.165) is 16.9 Å². The van der Waals surface area contributed by atoms with Gasteiger partial charge < -0.3 is 20.2 Å². The van der Waals surface area contributed by atoms with Gasteiger partial charge >= 0.3 is 5.82 Å². The van der Waals surface area contributed by atoms with E-state index in [2.05, 4.69) is 10.4 Å². The molecule has 0 radical (unpaired) electrons. The molecule has 0 saturated heterocycles. The molecule has 1 heterocycles. The van der Waals surface area contributed by atoms with Gasteiger partial charge in [0.2, 0.25) is 0 Å². The normalized spacial score (nSPS) is 10.6. The number of aryl methyl sites for hydroxylation is 2. The lowest BCUT2D eigenvalue weighted by Crippen LogP contribution is -2.27. The van der Waals surface area contributed by atoms with Crippen LogP contribution in [0.5, 0.6) is 5.75 Å². The van der Waals surface area contributed by atoms with E-state index in [1.54, 1.807) is 25.1 Å². The van der Waals surface area contributed by atoms with E-state index in [9.17, 15) is 14.9 Å². The number of carbonyl (C=O) groups excluding carboxylic acids is 1. The van der Waals surface area contributed by atoms with Crippen LogP contribution < -0.4 is 10.1 Å². The van der Waals surface area contributed by atoms with Gasteiger partial charge in [0, 0.05) is 17.1 Å². The van der Waals surface area contributed by atoms with E-state index < -0.39 is 4.92 Å². The van der Waals surface area contributed by atoms with Crippen LogP contribution in [0.2, 0.25) is 5.02 Å². The molecule has 1 amide bonds. The van der Waals surface area contributed by atoms with Crippen molar-refractivity contribution in [2.45, 2.75) is 27.0 Å². The van der Waals surface area contributed by atoms with Gasteiger partial charge in [-0.3, -0.25) is 4.79 Å². The zero-order valence-electron chi connectivity index (χ0n) is 16.6. The van der Waals surface area contributed by atoms with Crippen molar-refractivity contribution in [3.8, 4) is 5.75 Å². The summed E-state index contributed by atoms with van der Waals surface area (Å²) in [5.74, 6) is 0.299. The van der Waals surface area contributed by atoms with Gasteiger partial charge in [0.15, 0.2) is 0 Å². The number of rotatable bonds is 8. The SMILES string of the molecule is Cc1cc(OCc2ccc(C(=O)NCCn3nc([N+](=O)[O-])cc3C)cc2)ccc1Cl. The minimum atomic E-state index is -0.540. The lowest BCUT2D eigenvalue weighted by molar-refractivity contribution is -0.389. The Morgan fingerprint density at radius 3 is 2.57 bits per heavy atom. The van der Waals surface area contributed by atoms with Crippen LogP contribution >= 0.6 is 11.6 Å². The van der Waals surface area contributed by atoms with Crippen LogP contribution in [-0.4, -0.2) is 27.2 Å². The predicted octanol–water partition coefficient (Wildman–Crippen LogP) is 4.07. The van der Waals surface area contributed by atoms with Gasteiger partial charge in [-0.2, -0.15) is 4.68 Å². The van der Waals surface area contributed by atoms with Gasteiger partial charge in [-0.05, 0) is 60.2 Å². The number of carbonyl (C=O) groups is 1. The average Bonchev–Trinajstić information content (AvgIpc) is 3.10. The first-order valence-corrected chi connectivity index (χ1v) is 9.66. The number of nitro groups is 1. The van der Waals surface area contributed by atoms with E-state index in [4.69, 9.17) is 16.3 Å². The van der Waals surface area contributed by atoms with Crippen molar-refractivity contribution >= 4 is 23.3 Å². The molecule has 8 nitrogen and oxygen atoms in total. The van der Waals surface area contributed by atoms with Crippen molar-refractivity contribution in [2.24, 2.45) is 0 Å². The summed E-state index contributed by atoms with van der Waals surface area (Å²) < 4.78 is 7.25. The molecule has 1 aromatic heterocycles. The Morgan fingerprint density at radius 1 is 1.20 bits per heavy atom. The first-order valence-electron chi connectivity index (χ1n) is 9.28. The Morgan fingerprint density at radius 2 is 1.93 bits per heavy atom. The number of ether oxygens (including phenoxy) is 1. The number of halogens is 1. The van der Waals surface area contributed by atoms with E-state index in [-0.39, 0.29) is 11.7 Å². The van der Waals surface area contributed by atoms with Crippen LogP contribution in [0.1, 0.15) is 27.2 Å². The number of amides is 1. The minimum absolute atomic E-state index is 0.203. The molecule has 0 atom stereocenters. The lowest BCUT2D eigenvalue weighted by atomic mass is 10.1. The third-order valence-electron chi connectivity index (χ3n) is 4.52. The molecule has 156 valence electrons. The van der Waals surface area contributed by atoms with Crippen molar-refractivity contribution in [3.05, 3.63) is 86.1 Å². The van der Waals surface area contributed by atoms with Gasteiger partial charge in [0.25, 0.3) is 5.91 Å². The average molecular weight is 429 g/mol. The Labute approximate surface area is 178 Å². The first-order chi connectivity index (χ1) is 14.3. The Balaban J connectivity index is 1.49. The van der Waals surface area contributed by atoms with Gasteiger partial charge in [-0.1, -0.05) is 23.7 Å². The van der Waals surface area contributed by atoms with Gasteiger partial charge in [-0.15, -0.1) is 0 Å². The Hall–Kier alpha value is -3.39. The smallest absolute Gasteiger partial charge is 0.390 e. The molecule has 0 saturated carbocycles. The highest BCUT2D eigenvalue weighted by Gasteiger charge is 2.15. The Kier molecular flexibility index (Phi) is 6.68. The van der Waals surface area contributed by atoms with Crippen LogP contribution in [0.25, 0.3) is 0 Å². The molecule has 30 heavy (non-hydrogen) atoms. The summed E-state index contributed by atoms with van der Waals surface area (Å²) in [5.41, 5.74) is 3.06. The van der Waals surface area contributed by atoms with Crippen molar-refractivity contribution in [1.29, 1.82) is 0 Å². The number of benzene rings is 2. The number of hydrogen-bond acceptors (Lipinski definition) is 5. The molecule has 3 rings (SSSR count). The predicted molar refractivity (Wildman–Crippen MR) is 113 cm³/mol. The van der Waals surface area contributed by atoms with E-state index in [1.807, 2.05) is 31.2 Å². The summed E-state index contributed by atoms with van der Waals surface area (Å²) in [7, 11) is 0. The fourth-order valence-electron chi connectivity index (χ4n) is 2.81. The molecular formula is C21H21ClN4O4. The van der Waals surface area contributed by atoms with E-state index in [1.165, 1.54) is 10.7 Å². The first kappa shape index (κ1) is 21.3. The number of nitrogens with zero attached hydrogens (tertiary/aromatic N) is 3. The molecule has 0 aliphatic rings. The zero-order chi connectivity index (χ0) is 21.7. The maximum atomic E-state index is 12.3. The monoisotopic (exact) mass is 428 g/mol. The van der Waals surface area contributed by atoms with E-state index >= 15 is 0 Å². The largest absolute Gasteiger partial charge is 0.489 e. The summed E-state index contributed by atoms with van der Waals surface area (Å²) in [6.45, 7) is 4.67. The zero-order valence-corrected chi connectivity index (χ0v) is 17.3. The van der Waals surface area contributed by atoms with E-state index in [0.29, 0.717) is 36.0 Å². The maximum Gasteiger partial charge on any atom is 0.390 e. The maximum absolute atomic E-state index is 12.3. The van der Waals surface area contributed by atoms with Crippen molar-refractivity contribution in [2.75, 3.05) is 6.54 Å². The third-order valence-corrected chi connectivity index (χ3v) is 4.94. The summed E-state index contributed by atoms with van der Waals surface area (Å²) in [6.07, 6.45) is 0. The van der Waals surface area contributed by atoms with Gasteiger partial charge in [-0.25, -0.2) is 0 Å². The second-order valence-corrected chi connectivity index (χ2v) is 7.18. The fraction of sp³-hybridized carbons (Fsp3) is 0.238. The molecule has 3 aromatic rings. The van der Waals surface area contributed by atoms with Crippen LogP contribution in [0, 0.1) is 24.0 Å². The van der Waals surface area contributed by atoms with Crippen LogP contribution in [0.3, 0.4) is 0 Å². The molecule has 0 aliphatic carbocycles. The number of aromatic nitrogens is 2. The second kappa shape index (κ2) is 9.41. The molecule has 0 spiro atoms. The molecule has 1 N–H and O–H groups in total. The molecule has 0 bridgehead atoms. The molecule has 0 unspecified atom stereocenters. The van der Waals surface area contributed by atoms with Crippen molar-refractivity contribution in [1.82, 2.24) is 15.1 Å². The quantitative estimate of drug-likeness (QED) is 0.430. The lowest BCUT2D eigenvalue weighted by Gasteiger charge is -2.09. The minimum Gasteiger partial charge on any atom is -0.489 e. The highest BCUT2D eigenvalue weighted by atomic mass is 35.5. The summed E-state index contributed by atoms with van der Waals surface area (Å²) in [4.78, 5) is 22.5. The summed E-state index contributed by atoms with van der Waals surface area (Å²) in [6, 6.07) is 14.0. The molecule has 0 fully saturated rings. The Bertz CT molecular complexity index is 1060. The molecule has 9 heteroatoms. The van der Waals surface area contributed by atoms with Gasteiger partial charge in [0.05, 0.1) is 23.4 Å². The third kappa shape index (κ3) is 5.36. The van der Waals surface area contributed by atoms with Crippen molar-refractivity contribution in [3.63, 3.8) is 0 Å². The molecular weight excluding hydrogens is 408 g/mol. The second-order valence-electron chi connectivity index (χ2n) is 6.78. The van der Waals surface area contributed by atoms with Crippen molar-refractivity contribution < 1.29 is 14.5 Å². The highest BCUT2D eigenvalue weighted by Crippen LogP contribution is 2.22. The van der Waals surface area contributed by atoms with Crippen LogP contribution in [0.15, 0.2) is 48.5 Å². The fourth-order valence-corrected chi connectivity index (χ4v) is 2.93. The van der Waals surface area contributed by atoms with Gasteiger partial charge in [0.1, 0.15) is 12.4 Å². The molecule has 0 aliphatic heterocycles. The highest BCUT2D eigenvalue weighted by molar-refractivity contribution is 6.31. The molecule has 2 aromatic carbocycles. The van der Waals surface area contributed by atoms with Crippen LogP contribution in [-0.2, 0) is 13.2 Å². The number of nitrogens with one attached hydrogen (secondary N) is 1.